The second-order valence-corrected chi connectivity index (χ2v) is 2.41. The van der Waals surface area contributed by atoms with Crippen LogP contribution in [0.2, 0.25) is 0 Å². The van der Waals surface area contributed by atoms with Crippen molar-refractivity contribution in [2.45, 2.75) is 19.4 Å². The molecular weight excluding hydrogens is 126 g/mol. The molecule has 0 N–H and O–H groups in total. The van der Waals surface area contributed by atoms with Crippen LogP contribution in [-0.2, 0) is 0 Å². The van der Waals surface area contributed by atoms with Gasteiger partial charge in [0.2, 0.25) is 0 Å². The molecule has 1 atom stereocenters. The zero-order valence-electron chi connectivity index (χ0n) is 4.72. The van der Waals surface area contributed by atoms with Crippen LogP contribution in [0.25, 0.3) is 0 Å². The van der Waals surface area contributed by atoms with Crippen LogP contribution in [0.3, 0.4) is 0 Å². The van der Waals surface area contributed by atoms with Crippen LogP contribution < -0.4 is 0 Å². The zero-order chi connectivity index (χ0) is 6.15. The van der Waals surface area contributed by atoms with E-state index in [1.165, 1.54) is 0 Å². The van der Waals surface area contributed by atoms with E-state index in [4.69, 9.17) is 11.6 Å². The molecule has 0 aromatic carbocycles. The second kappa shape index (κ2) is 1.94. The largest absolute Gasteiger partial charge is 0.326 e. The topological polar surface area (TPSA) is 20.3 Å². The van der Waals surface area contributed by atoms with Gasteiger partial charge in [-0.15, -0.1) is 0 Å². The van der Waals surface area contributed by atoms with Gasteiger partial charge in [0, 0.05) is 12.6 Å². The molecule has 1 fully saturated rings. The summed E-state index contributed by atoms with van der Waals surface area (Å²) in [5.74, 6) is 0. The molecule has 1 aliphatic rings. The smallest absolute Gasteiger partial charge is 0.316 e. The Morgan fingerprint density at radius 1 is 1.88 bits per heavy atom. The Morgan fingerprint density at radius 2 is 2.50 bits per heavy atom. The molecule has 0 saturated carbocycles. The predicted molar refractivity (Wildman–Crippen MR) is 32.0 cm³/mol. The van der Waals surface area contributed by atoms with Crippen molar-refractivity contribution in [3.05, 3.63) is 0 Å². The molecule has 0 aliphatic carbocycles. The minimum Gasteiger partial charge on any atom is -0.326 e. The van der Waals surface area contributed by atoms with E-state index < -0.39 is 0 Å². The third-order valence-corrected chi connectivity index (χ3v) is 1.76. The van der Waals surface area contributed by atoms with E-state index in [1.54, 1.807) is 4.90 Å². The van der Waals surface area contributed by atoms with Gasteiger partial charge in [-0.25, -0.2) is 0 Å². The number of carbonyl (C=O) groups excluding carboxylic acids is 1. The predicted octanol–water partition coefficient (Wildman–Crippen LogP) is 1.44. The maximum Gasteiger partial charge on any atom is 0.316 e. The Bertz CT molecular complexity index is 115. The fourth-order valence-electron chi connectivity index (χ4n) is 0.778. The molecule has 1 unspecified atom stereocenters. The maximum atomic E-state index is 10.3. The number of hydrogen-bond donors (Lipinski definition) is 0. The summed E-state index contributed by atoms with van der Waals surface area (Å²) in [6.45, 7) is 2.83. The van der Waals surface area contributed by atoms with E-state index in [-0.39, 0.29) is 5.37 Å². The summed E-state index contributed by atoms with van der Waals surface area (Å²) in [6, 6.07) is 0.375. The number of nitrogens with zero attached hydrogens (tertiary/aromatic N) is 1. The maximum absolute atomic E-state index is 10.3. The molecule has 1 rings (SSSR count). The summed E-state index contributed by atoms with van der Waals surface area (Å²) in [5.41, 5.74) is 0. The van der Waals surface area contributed by atoms with E-state index in [0.717, 1.165) is 13.0 Å². The molecule has 1 saturated heterocycles. The number of likely N-dealkylation sites (tertiary alicyclic amines) is 1. The van der Waals surface area contributed by atoms with Crippen LogP contribution in [0.15, 0.2) is 0 Å². The van der Waals surface area contributed by atoms with Gasteiger partial charge in [0.05, 0.1) is 0 Å². The van der Waals surface area contributed by atoms with Crippen molar-refractivity contribution < 1.29 is 4.79 Å². The summed E-state index contributed by atoms with van der Waals surface area (Å²) in [4.78, 5) is 12.0. The Balaban J connectivity index is 2.37. The van der Waals surface area contributed by atoms with Gasteiger partial charge in [-0.2, -0.15) is 0 Å². The van der Waals surface area contributed by atoms with E-state index in [0.29, 0.717) is 6.04 Å². The van der Waals surface area contributed by atoms with Crippen molar-refractivity contribution >= 4 is 17.0 Å². The molecule has 0 radical (unpaired) electrons. The Morgan fingerprint density at radius 3 is 2.50 bits per heavy atom. The summed E-state index contributed by atoms with van der Waals surface area (Å²) in [6.07, 6.45) is 1.10. The SMILES string of the molecule is CC1CCN1C(=O)Cl. The first-order chi connectivity index (χ1) is 3.72. The Hall–Kier alpha value is -0.240. The lowest BCUT2D eigenvalue weighted by molar-refractivity contribution is 0.145. The lowest BCUT2D eigenvalue weighted by Gasteiger charge is -2.36. The van der Waals surface area contributed by atoms with E-state index in [1.807, 2.05) is 6.92 Å². The van der Waals surface area contributed by atoms with Crippen LogP contribution in [0.4, 0.5) is 4.79 Å². The summed E-state index contributed by atoms with van der Waals surface area (Å²) < 4.78 is 0. The van der Waals surface area contributed by atoms with Crippen LogP contribution in [0.5, 0.6) is 0 Å². The highest BCUT2D eigenvalue weighted by atomic mass is 35.5. The second-order valence-electron chi connectivity index (χ2n) is 2.08. The first-order valence-electron chi connectivity index (χ1n) is 2.68. The van der Waals surface area contributed by atoms with Gasteiger partial charge < -0.3 is 4.90 Å². The average Bonchev–Trinajstić information content (AvgIpc) is 1.61. The van der Waals surface area contributed by atoms with Gasteiger partial charge in [0.1, 0.15) is 0 Å². The Kier molecular flexibility index (Phi) is 1.43. The molecule has 1 aliphatic heterocycles. The number of rotatable bonds is 0. The average molecular weight is 134 g/mol. The van der Waals surface area contributed by atoms with Crippen molar-refractivity contribution in [1.82, 2.24) is 4.90 Å². The molecule has 0 aromatic rings. The van der Waals surface area contributed by atoms with Gasteiger partial charge in [-0.05, 0) is 24.9 Å². The monoisotopic (exact) mass is 133 g/mol. The fourth-order valence-corrected chi connectivity index (χ4v) is 1.03. The molecule has 0 spiro atoms. The molecule has 0 bridgehead atoms. The highest BCUT2D eigenvalue weighted by Crippen LogP contribution is 2.17. The summed E-state index contributed by atoms with van der Waals surface area (Å²) in [5, 5.41) is -0.316. The molecule has 1 amide bonds. The normalized spacial score (nSPS) is 27.2. The minimum atomic E-state index is -0.316. The van der Waals surface area contributed by atoms with Crippen molar-refractivity contribution in [2.24, 2.45) is 0 Å². The standard InChI is InChI=1S/C5H8ClNO/c1-4-2-3-7(4)5(6)8/h4H,2-3H2,1H3. The minimum absolute atomic E-state index is 0.316. The molecule has 46 valence electrons. The lowest BCUT2D eigenvalue weighted by Crippen LogP contribution is -2.46. The molecule has 3 heteroatoms. The van der Waals surface area contributed by atoms with Gasteiger partial charge in [-0.1, -0.05) is 0 Å². The number of halogens is 1. The lowest BCUT2D eigenvalue weighted by atomic mass is 10.1. The summed E-state index contributed by atoms with van der Waals surface area (Å²) in [7, 11) is 0. The van der Waals surface area contributed by atoms with Crippen LogP contribution in [0, 0.1) is 0 Å². The molecular formula is C5H8ClNO. The Labute approximate surface area is 53.4 Å². The van der Waals surface area contributed by atoms with Gasteiger partial charge in [0.15, 0.2) is 0 Å². The highest BCUT2D eigenvalue weighted by molar-refractivity contribution is 6.62. The van der Waals surface area contributed by atoms with Crippen molar-refractivity contribution in [3.63, 3.8) is 0 Å². The van der Waals surface area contributed by atoms with Crippen molar-refractivity contribution in [3.8, 4) is 0 Å². The molecule has 0 aromatic heterocycles. The molecule has 8 heavy (non-hydrogen) atoms. The fraction of sp³-hybridized carbons (Fsp3) is 0.800. The number of carbonyl (C=O) groups is 1. The van der Waals surface area contributed by atoms with Crippen LogP contribution in [-0.4, -0.2) is 22.9 Å². The number of amides is 1. The zero-order valence-corrected chi connectivity index (χ0v) is 5.48. The van der Waals surface area contributed by atoms with Crippen molar-refractivity contribution in [2.75, 3.05) is 6.54 Å². The molecule has 2 nitrogen and oxygen atoms in total. The van der Waals surface area contributed by atoms with E-state index in [2.05, 4.69) is 0 Å². The first-order valence-corrected chi connectivity index (χ1v) is 3.05. The van der Waals surface area contributed by atoms with E-state index in [9.17, 15) is 4.79 Å². The van der Waals surface area contributed by atoms with Gasteiger partial charge in [-0.3, -0.25) is 4.79 Å². The summed E-state index contributed by atoms with van der Waals surface area (Å²) >= 11 is 5.16. The quantitative estimate of drug-likeness (QED) is 0.362. The van der Waals surface area contributed by atoms with Gasteiger partial charge >= 0.3 is 5.37 Å². The highest BCUT2D eigenvalue weighted by Gasteiger charge is 2.26. The first kappa shape index (κ1) is 5.89. The number of hydrogen-bond acceptors (Lipinski definition) is 1. The third kappa shape index (κ3) is 0.802. The van der Waals surface area contributed by atoms with Crippen LogP contribution >= 0.6 is 11.6 Å². The van der Waals surface area contributed by atoms with Crippen molar-refractivity contribution in [1.29, 1.82) is 0 Å². The van der Waals surface area contributed by atoms with Crippen LogP contribution in [0.1, 0.15) is 13.3 Å². The third-order valence-electron chi connectivity index (χ3n) is 1.55. The molecule has 1 heterocycles. The van der Waals surface area contributed by atoms with Gasteiger partial charge in [0.25, 0.3) is 0 Å². The van der Waals surface area contributed by atoms with E-state index >= 15 is 0 Å².